The molecule has 2 aromatic rings. The summed E-state index contributed by atoms with van der Waals surface area (Å²) in [7, 11) is 0. The standard InChI is InChI=1S/C21H24N2O2S/c1-2-6-20(24)22-17-10-12-18(13-11-17)26-15-21(25)23-14-5-8-16-7-3-4-9-19(16)23/h3-4,7,9-13H,2,5-6,8,14-15H2,1H3,(H,22,24). The number of amides is 2. The number of para-hydroxylation sites is 1. The van der Waals surface area contributed by atoms with Crippen molar-refractivity contribution in [1.82, 2.24) is 0 Å². The molecule has 0 fully saturated rings. The van der Waals surface area contributed by atoms with Crippen molar-refractivity contribution in [3.05, 3.63) is 54.1 Å². The number of hydrogen-bond acceptors (Lipinski definition) is 3. The average molecular weight is 369 g/mol. The molecule has 26 heavy (non-hydrogen) atoms. The third kappa shape index (κ3) is 4.67. The van der Waals surface area contributed by atoms with Gasteiger partial charge in [-0.25, -0.2) is 0 Å². The van der Waals surface area contributed by atoms with E-state index < -0.39 is 0 Å². The predicted octanol–water partition coefficient (Wildman–Crippen LogP) is 4.50. The van der Waals surface area contributed by atoms with Crippen LogP contribution in [0.1, 0.15) is 31.7 Å². The molecule has 0 aliphatic carbocycles. The van der Waals surface area contributed by atoms with Gasteiger partial charge >= 0.3 is 0 Å². The second-order valence-electron chi connectivity index (χ2n) is 6.39. The Hall–Kier alpha value is -2.27. The van der Waals surface area contributed by atoms with Crippen molar-refractivity contribution in [3.63, 3.8) is 0 Å². The molecule has 0 aromatic heterocycles. The number of nitrogens with zero attached hydrogens (tertiary/aromatic N) is 1. The predicted molar refractivity (Wildman–Crippen MR) is 108 cm³/mol. The first-order valence-corrected chi connectivity index (χ1v) is 10.1. The lowest BCUT2D eigenvalue weighted by Gasteiger charge is -2.29. The Labute approximate surface area is 159 Å². The van der Waals surface area contributed by atoms with Gasteiger partial charge in [0.1, 0.15) is 0 Å². The number of carbonyl (C=O) groups excluding carboxylic acids is 2. The summed E-state index contributed by atoms with van der Waals surface area (Å²) in [5, 5.41) is 2.87. The Morgan fingerprint density at radius 3 is 2.65 bits per heavy atom. The van der Waals surface area contributed by atoms with Crippen LogP contribution in [-0.4, -0.2) is 24.1 Å². The number of anilines is 2. The number of fused-ring (bicyclic) bond motifs is 1. The van der Waals surface area contributed by atoms with Crippen molar-refractivity contribution >= 4 is 35.0 Å². The number of carbonyl (C=O) groups is 2. The maximum Gasteiger partial charge on any atom is 0.237 e. The second-order valence-corrected chi connectivity index (χ2v) is 7.44. The molecule has 0 bridgehead atoms. The minimum absolute atomic E-state index is 0.0341. The highest BCUT2D eigenvalue weighted by atomic mass is 32.2. The van der Waals surface area contributed by atoms with E-state index in [2.05, 4.69) is 11.4 Å². The minimum atomic E-state index is 0.0341. The van der Waals surface area contributed by atoms with Crippen molar-refractivity contribution in [2.45, 2.75) is 37.5 Å². The molecule has 1 N–H and O–H groups in total. The Bertz CT molecular complexity index is 774. The van der Waals surface area contributed by atoms with E-state index in [9.17, 15) is 9.59 Å². The number of nitrogens with one attached hydrogen (secondary N) is 1. The van der Waals surface area contributed by atoms with Crippen LogP contribution < -0.4 is 10.2 Å². The molecule has 0 saturated heterocycles. The molecule has 5 heteroatoms. The van der Waals surface area contributed by atoms with Crippen molar-refractivity contribution in [3.8, 4) is 0 Å². The molecule has 4 nitrogen and oxygen atoms in total. The quantitative estimate of drug-likeness (QED) is 0.764. The van der Waals surface area contributed by atoms with Gasteiger partial charge < -0.3 is 10.2 Å². The fourth-order valence-electron chi connectivity index (χ4n) is 3.10. The van der Waals surface area contributed by atoms with Crippen LogP contribution in [0.2, 0.25) is 0 Å². The molecule has 0 saturated carbocycles. The van der Waals surface area contributed by atoms with E-state index in [-0.39, 0.29) is 11.8 Å². The van der Waals surface area contributed by atoms with Gasteiger partial charge in [0, 0.05) is 29.2 Å². The molecule has 0 spiro atoms. The van der Waals surface area contributed by atoms with E-state index in [4.69, 9.17) is 0 Å². The summed E-state index contributed by atoms with van der Waals surface area (Å²) in [6.07, 6.45) is 3.42. The van der Waals surface area contributed by atoms with Crippen LogP contribution >= 0.6 is 11.8 Å². The van der Waals surface area contributed by atoms with Gasteiger partial charge in [0.25, 0.3) is 0 Å². The van der Waals surface area contributed by atoms with Crippen molar-refractivity contribution < 1.29 is 9.59 Å². The molecule has 0 radical (unpaired) electrons. The van der Waals surface area contributed by atoms with E-state index >= 15 is 0 Å². The van der Waals surface area contributed by atoms with Gasteiger partial charge in [0.2, 0.25) is 11.8 Å². The monoisotopic (exact) mass is 368 g/mol. The highest BCUT2D eigenvalue weighted by Crippen LogP contribution is 2.28. The summed E-state index contributed by atoms with van der Waals surface area (Å²) < 4.78 is 0. The number of rotatable bonds is 6. The largest absolute Gasteiger partial charge is 0.326 e. The maximum absolute atomic E-state index is 12.7. The molecule has 136 valence electrons. The first kappa shape index (κ1) is 18.5. The van der Waals surface area contributed by atoms with Gasteiger partial charge in [-0.15, -0.1) is 11.8 Å². The maximum atomic E-state index is 12.7. The van der Waals surface area contributed by atoms with Gasteiger partial charge in [0.15, 0.2) is 0 Å². The molecule has 1 heterocycles. The minimum Gasteiger partial charge on any atom is -0.326 e. The van der Waals surface area contributed by atoms with Crippen LogP contribution in [0.3, 0.4) is 0 Å². The first-order valence-electron chi connectivity index (χ1n) is 9.08. The van der Waals surface area contributed by atoms with Crippen LogP contribution in [0, 0.1) is 0 Å². The highest BCUT2D eigenvalue weighted by molar-refractivity contribution is 8.00. The van der Waals surface area contributed by atoms with Crippen LogP contribution in [0.15, 0.2) is 53.4 Å². The summed E-state index contributed by atoms with van der Waals surface area (Å²) in [5.41, 5.74) is 3.10. The van der Waals surface area contributed by atoms with Crippen LogP contribution in [0.25, 0.3) is 0 Å². The fraction of sp³-hybridized carbons (Fsp3) is 0.333. The van der Waals surface area contributed by atoms with Gasteiger partial charge in [-0.2, -0.15) is 0 Å². The summed E-state index contributed by atoms with van der Waals surface area (Å²) in [6.45, 7) is 2.77. The molecule has 1 aliphatic heterocycles. The zero-order valence-electron chi connectivity index (χ0n) is 15.0. The van der Waals surface area contributed by atoms with E-state index in [0.717, 1.165) is 42.1 Å². The molecule has 0 atom stereocenters. The third-order valence-electron chi connectivity index (χ3n) is 4.39. The van der Waals surface area contributed by atoms with Crippen molar-refractivity contribution in [1.29, 1.82) is 0 Å². The molecule has 0 unspecified atom stereocenters. The third-order valence-corrected chi connectivity index (χ3v) is 5.39. The second kappa shape index (κ2) is 8.90. The van der Waals surface area contributed by atoms with Gasteiger partial charge in [-0.05, 0) is 55.2 Å². The van der Waals surface area contributed by atoms with E-state index in [1.807, 2.05) is 54.3 Å². The topological polar surface area (TPSA) is 49.4 Å². The van der Waals surface area contributed by atoms with Crippen LogP contribution in [0.4, 0.5) is 11.4 Å². The molecule has 3 rings (SSSR count). The van der Waals surface area contributed by atoms with E-state index in [1.54, 1.807) is 0 Å². The molecular weight excluding hydrogens is 344 g/mol. The molecule has 1 aliphatic rings. The van der Waals surface area contributed by atoms with Gasteiger partial charge in [-0.3, -0.25) is 9.59 Å². The number of thioether (sulfide) groups is 1. The zero-order chi connectivity index (χ0) is 18.4. The molecular formula is C21H24N2O2S. The SMILES string of the molecule is CCCC(=O)Nc1ccc(SCC(=O)N2CCCc3ccccc32)cc1. The smallest absolute Gasteiger partial charge is 0.237 e. The first-order chi connectivity index (χ1) is 12.7. The Morgan fingerprint density at radius 2 is 1.88 bits per heavy atom. The zero-order valence-corrected chi connectivity index (χ0v) is 15.8. The number of benzene rings is 2. The normalized spacial score (nSPS) is 13.2. The summed E-state index contributed by atoms with van der Waals surface area (Å²) in [6, 6.07) is 15.8. The highest BCUT2D eigenvalue weighted by Gasteiger charge is 2.21. The number of aryl methyl sites for hydroxylation is 1. The lowest BCUT2D eigenvalue weighted by Crippen LogP contribution is -2.36. The van der Waals surface area contributed by atoms with E-state index in [0.29, 0.717) is 12.2 Å². The molecule has 2 aromatic carbocycles. The molecule has 2 amide bonds. The number of hydrogen-bond donors (Lipinski definition) is 1. The fourth-order valence-corrected chi connectivity index (χ4v) is 3.88. The lowest BCUT2D eigenvalue weighted by atomic mass is 10.0. The summed E-state index contributed by atoms with van der Waals surface area (Å²) in [5.74, 6) is 0.588. The van der Waals surface area contributed by atoms with Crippen molar-refractivity contribution in [2.24, 2.45) is 0 Å². The average Bonchev–Trinajstić information content (AvgIpc) is 2.67. The van der Waals surface area contributed by atoms with Gasteiger partial charge in [-0.1, -0.05) is 25.1 Å². The lowest BCUT2D eigenvalue weighted by molar-refractivity contribution is -0.117. The Kier molecular flexibility index (Phi) is 6.34. The summed E-state index contributed by atoms with van der Waals surface area (Å²) in [4.78, 5) is 27.2. The Balaban J connectivity index is 1.56. The van der Waals surface area contributed by atoms with Gasteiger partial charge in [0.05, 0.1) is 5.75 Å². The van der Waals surface area contributed by atoms with Crippen molar-refractivity contribution in [2.75, 3.05) is 22.5 Å². The van der Waals surface area contributed by atoms with Crippen LogP contribution in [-0.2, 0) is 16.0 Å². The van der Waals surface area contributed by atoms with Crippen LogP contribution in [0.5, 0.6) is 0 Å². The van der Waals surface area contributed by atoms with E-state index in [1.165, 1.54) is 17.3 Å². The Morgan fingerprint density at radius 1 is 1.12 bits per heavy atom. The summed E-state index contributed by atoms with van der Waals surface area (Å²) >= 11 is 1.53.